The SMILES string of the molecule is CC(=O)N1CCC(N(Cc2ccco2)C(=O)Nc2ccc(Br)cc2)CC1. The van der Waals surface area contributed by atoms with Crippen molar-refractivity contribution in [2.45, 2.75) is 32.4 Å². The van der Waals surface area contributed by atoms with E-state index in [9.17, 15) is 9.59 Å². The largest absolute Gasteiger partial charge is 0.467 e. The van der Waals surface area contributed by atoms with Crippen LogP contribution in [0.3, 0.4) is 0 Å². The average Bonchev–Trinajstić information content (AvgIpc) is 3.15. The molecular weight excluding hydrogens is 398 g/mol. The van der Waals surface area contributed by atoms with Gasteiger partial charge >= 0.3 is 6.03 Å². The zero-order valence-electron chi connectivity index (χ0n) is 14.7. The van der Waals surface area contributed by atoms with E-state index < -0.39 is 0 Å². The van der Waals surface area contributed by atoms with Crippen LogP contribution in [-0.4, -0.2) is 40.9 Å². The van der Waals surface area contributed by atoms with Gasteiger partial charge in [0.05, 0.1) is 12.8 Å². The van der Waals surface area contributed by atoms with Crippen LogP contribution >= 0.6 is 15.9 Å². The summed E-state index contributed by atoms with van der Waals surface area (Å²) < 4.78 is 6.40. The third kappa shape index (κ3) is 4.66. The van der Waals surface area contributed by atoms with Gasteiger partial charge in [0.15, 0.2) is 0 Å². The molecule has 2 heterocycles. The van der Waals surface area contributed by atoms with Crippen molar-refractivity contribution in [1.29, 1.82) is 0 Å². The zero-order chi connectivity index (χ0) is 18.5. The van der Waals surface area contributed by atoms with E-state index in [2.05, 4.69) is 21.2 Å². The normalized spacial score (nSPS) is 14.9. The molecule has 26 heavy (non-hydrogen) atoms. The maximum Gasteiger partial charge on any atom is 0.322 e. The van der Waals surface area contributed by atoms with Gasteiger partial charge in [-0.1, -0.05) is 15.9 Å². The molecule has 0 bridgehead atoms. The molecule has 1 aromatic heterocycles. The lowest BCUT2D eigenvalue weighted by Crippen LogP contribution is -2.49. The quantitative estimate of drug-likeness (QED) is 0.811. The number of halogens is 1. The number of hydrogen-bond acceptors (Lipinski definition) is 3. The molecule has 7 heteroatoms. The third-order valence-corrected chi connectivity index (χ3v) is 5.14. The Morgan fingerprint density at radius 2 is 1.92 bits per heavy atom. The molecule has 0 aliphatic carbocycles. The summed E-state index contributed by atoms with van der Waals surface area (Å²) in [7, 11) is 0. The second-order valence-electron chi connectivity index (χ2n) is 6.38. The number of anilines is 1. The van der Waals surface area contributed by atoms with E-state index in [1.165, 1.54) is 0 Å². The Hall–Kier alpha value is -2.28. The monoisotopic (exact) mass is 419 g/mol. The Morgan fingerprint density at radius 1 is 1.23 bits per heavy atom. The Bertz CT molecular complexity index is 738. The molecule has 1 fully saturated rings. The molecule has 0 saturated carbocycles. The van der Waals surface area contributed by atoms with Crippen molar-refractivity contribution >= 4 is 33.6 Å². The fourth-order valence-electron chi connectivity index (χ4n) is 3.16. The second kappa shape index (κ2) is 8.40. The van der Waals surface area contributed by atoms with Crippen molar-refractivity contribution in [1.82, 2.24) is 9.80 Å². The van der Waals surface area contributed by atoms with Crippen LogP contribution in [0.1, 0.15) is 25.5 Å². The van der Waals surface area contributed by atoms with Gasteiger partial charge < -0.3 is 19.5 Å². The molecule has 1 saturated heterocycles. The fourth-order valence-corrected chi connectivity index (χ4v) is 3.42. The molecule has 6 nitrogen and oxygen atoms in total. The summed E-state index contributed by atoms with van der Waals surface area (Å²) in [6, 6.07) is 11.1. The zero-order valence-corrected chi connectivity index (χ0v) is 16.2. The number of likely N-dealkylation sites (tertiary alicyclic amines) is 1. The molecule has 0 radical (unpaired) electrons. The third-order valence-electron chi connectivity index (χ3n) is 4.61. The fraction of sp³-hybridized carbons (Fsp3) is 0.368. The molecule has 3 rings (SSSR count). The molecule has 0 unspecified atom stereocenters. The van der Waals surface area contributed by atoms with E-state index in [0.717, 1.165) is 28.8 Å². The number of carbonyl (C=O) groups excluding carboxylic acids is 2. The van der Waals surface area contributed by atoms with Crippen molar-refractivity contribution in [2.24, 2.45) is 0 Å². The molecule has 138 valence electrons. The van der Waals surface area contributed by atoms with Crippen LogP contribution in [0.4, 0.5) is 10.5 Å². The van der Waals surface area contributed by atoms with Crippen LogP contribution in [0.25, 0.3) is 0 Å². The highest BCUT2D eigenvalue weighted by atomic mass is 79.9. The first kappa shape index (κ1) is 18.5. The smallest absolute Gasteiger partial charge is 0.322 e. The lowest BCUT2D eigenvalue weighted by molar-refractivity contribution is -0.130. The number of rotatable bonds is 4. The number of benzene rings is 1. The minimum Gasteiger partial charge on any atom is -0.467 e. The van der Waals surface area contributed by atoms with E-state index in [1.807, 2.05) is 41.3 Å². The maximum atomic E-state index is 12.9. The topological polar surface area (TPSA) is 65.8 Å². The van der Waals surface area contributed by atoms with Crippen LogP contribution in [0.5, 0.6) is 0 Å². The summed E-state index contributed by atoms with van der Waals surface area (Å²) in [4.78, 5) is 28.1. The van der Waals surface area contributed by atoms with Crippen molar-refractivity contribution < 1.29 is 14.0 Å². The number of nitrogens with one attached hydrogen (secondary N) is 1. The van der Waals surface area contributed by atoms with Crippen LogP contribution in [0.2, 0.25) is 0 Å². The van der Waals surface area contributed by atoms with Crippen molar-refractivity contribution in [2.75, 3.05) is 18.4 Å². The summed E-state index contributed by atoms with van der Waals surface area (Å²) >= 11 is 3.39. The number of amides is 3. The summed E-state index contributed by atoms with van der Waals surface area (Å²) in [5.74, 6) is 0.824. The average molecular weight is 420 g/mol. The Balaban J connectivity index is 1.71. The van der Waals surface area contributed by atoms with Gasteiger partial charge in [0.1, 0.15) is 5.76 Å². The predicted octanol–water partition coefficient (Wildman–Crippen LogP) is 4.09. The number of furan rings is 1. The number of piperidine rings is 1. The highest BCUT2D eigenvalue weighted by molar-refractivity contribution is 9.10. The molecule has 2 aromatic rings. The highest BCUT2D eigenvalue weighted by Gasteiger charge is 2.29. The van der Waals surface area contributed by atoms with Crippen LogP contribution < -0.4 is 5.32 Å². The standard InChI is InChI=1S/C19H22BrN3O3/c1-14(24)22-10-8-17(9-11-22)23(13-18-3-2-12-26-18)19(25)21-16-6-4-15(20)5-7-16/h2-7,12,17H,8-11,13H2,1H3,(H,21,25). The first-order valence-electron chi connectivity index (χ1n) is 8.64. The van der Waals surface area contributed by atoms with Gasteiger partial charge in [0.2, 0.25) is 5.91 Å². The molecular formula is C19H22BrN3O3. The van der Waals surface area contributed by atoms with Gasteiger partial charge in [0.25, 0.3) is 0 Å². The lowest BCUT2D eigenvalue weighted by atomic mass is 10.0. The summed E-state index contributed by atoms with van der Waals surface area (Å²) in [6.45, 7) is 3.32. The maximum absolute atomic E-state index is 12.9. The van der Waals surface area contributed by atoms with Crippen molar-refractivity contribution in [3.05, 3.63) is 52.9 Å². The van der Waals surface area contributed by atoms with Gasteiger partial charge in [-0.15, -0.1) is 0 Å². The number of urea groups is 1. The molecule has 1 aromatic carbocycles. The summed E-state index contributed by atoms with van der Waals surface area (Å²) in [6.07, 6.45) is 3.13. The number of carbonyl (C=O) groups is 2. The number of nitrogens with zero attached hydrogens (tertiary/aromatic N) is 2. The molecule has 3 amide bonds. The molecule has 1 N–H and O–H groups in total. The molecule has 0 atom stereocenters. The van der Waals surface area contributed by atoms with Crippen LogP contribution in [-0.2, 0) is 11.3 Å². The Morgan fingerprint density at radius 3 is 2.50 bits per heavy atom. The van der Waals surface area contributed by atoms with Crippen LogP contribution in [0.15, 0.2) is 51.6 Å². The predicted molar refractivity (Wildman–Crippen MR) is 103 cm³/mol. The van der Waals surface area contributed by atoms with Gasteiger partial charge in [-0.25, -0.2) is 4.79 Å². The van der Waals surface area contributed by atoms with E-state index in [4.69, 9.17) is 4.42 Å². The molecule has 0 spiro atoms. The Kier molecular flexibility index (Phi) is 5.98. The van der Waals surface area contributed by atoms with Gasteiger partial charge in [-0.3, -0.25) is 4.79 Å². The second-order valence-corrected chi connectivity index (χ2v) is 7.30. The van der Waals surface area contributed by atoms with Crippen LogP contribution in [0, 0.1) is 0 Å². The van der Waals surface area contributed by atoms with E-state index in [0.29, 0.717) is 19.6 Å². The van der Waals surface area contributed by atoms with E-state index in [1.54, 1.807) is 18.1 Å². The van der Waals surface area contributed by atoms with Crippen molar-refractivity contribution in [3.8, 4) is 0 Å². The first-order valence-corrected chi connectivity index (χ1v) is 9.43. The lowest BCUT2D eigenvalue weighted by Gasteiger charge is -2.38. The molecule has 1 aliphatic rings. The minimum absolute atomic E-state index is 0.0612. The van der Waals surface area contributed by atoms with Crippen molar-refractivity contribution in [3.63, 3.8) is 0 Å². The van der Waals surface area contributed by atoms with Gasteiger partial charge in [-0.2, -0.15) is 0 Å². The van der Waals surface area contributed by atoms with E-state index >= 15 is 0 Å². The van der Waals surface area contributed by atoms with Gasteiger partial charge in [0, 0.05) is 36.2 Å². The molecule has 1 aliphatic heterocycles. The van der Waals surface area contributed by atoms with E-state index in [-0.39, 0.29) is 18.0 Å². The number of hydrogen-bond donors (Lipinski definition) is 1. The van der Waals surface area contributed by atoms with Gasteiger partial charge in [-0.05, 0) is 49.2 Å². The summed E-state index contributed by atoms with van der Waals surface area (Å²) in [5.41, 5.74) is 0.740. The first-order chi connectivity index (χ1) is 12.5. The highest BCUT2D eigenvalue weighted by Crippen LogP contribution is 2.22. The Labute approximate surface area is 161 Å². The summed E-state index contributed by atoms with van der Waals surface area (Å²) in [5, 5.41) is 2.96. The minimum atomic E-state index is -0.162.